The van der Waals surface area contributed by atoms with Crippen LogP contribution >= 0.6 is 22.6 Å². The van der Waals surface area contributed by atoms with Crippen molar-refractivity contribution in [2.24, 2.45) is 23.7 Å². The maximum absolute atomic E-state index is 15.4. The number of phenols is 1. The molecule has 9 rings (SSSR count). The van der Waals surface area contributed by atoms with Crippen molar-refractivity contribution in [3.05, 3.63) is 164 Å². The zero-order valence-electron chi connectivity index (χ0n) is 33.7. The summed E-state index contributed by atoms with van der Waals surface area (Å²) in [6.45, 7) is 0. The maximum Gasteiger partial charge on any atom is 0.238 e. The van der Waals surface area contributed by atoms with E-state index in [9.17, 15) is 14.7 Å². The summed E-state index contributed by atoms with van der Waals surface area (Å²) >= 11 is 2.05. The van der Waals surface area contributed by atoms with Crippen LogP contribution in [0.2, 0.25) is 0 Å². The fraction of sp³-hybridized carbons (Fsp3) is 0.216. The van der Waals surface area contributed by atoms with Gasteiger partial charge in [0.05, 0.1) is 47.8 Å². The number of fused-ring (bicyclic) bond motifs is 4. The highest BCUT2D eigenvalue weighted by Crippen LogP contribution is 2.64. The number of Topliss-reactive ketones (excluding diaryl/α,β-unsaturated/α-hetero) is 1. The Bertz CT molecular complexity index is 2690. The quantitative estimate of drug-likeness (QED) is 0.0673. The van der Waals surface area contributed by atoms with Crippen LogP contribution in [0.5, 0.6) is 23.0 Å². The number of carbonyl (C=O) groups is 4. The van der Waals surface area contributed by atoms with Crippen molar-refractivity contribution in [3.63, 3.8) is 0 Å². The van der Waals surface area contributed by atoms with Crippen LogP contribution in [0.25, 0.3) is 17.7 Å². The van der Waals surface area contributed by atoms with Crippen LogP contribution in [0.1, 0.15) is 46.6 Å². The molecule has 9 nitrogen and oxygen atoms in total. The summed E-state index contributed by atoms with van der Waals surface area (Å²) in [6.07, 6.45) is 7.84. The van der Waals surface area contributed by atoms with Crippen molar-refractivity contribution in [2.45, 2.75) is 24.2 Å². The highest BCUT2D eigenvalue weighted by molar-refractivity contribution is 14.1. The van der Waals surface area contributed by atoms with Gasteiger partial charge in [-0.15, -0.1) is 0 Å². The number of benzene rings is 5. The Morgan fingerprint density at radius 3 is 2.15 bits per heavy atom. The van der Waals surface area contributed by atoms with Crippen LogP contribution in [0.3, 0.4) is 0 Å². The number of hydrogen-bond acceptors (Lipinski definition) is 8. The number of halogens is 1. The van der Waals surface area contributed by atoms with E-state index in [2.05, 4.69) is 22.6 Å². The highest BCUT2D eigenvalue weighted by atomic mass is 127. The van der Waals surface area contributed by atoms with Gasteiger partial charge in [-0.2, -0.15) is 0 Å². The fourth-order valence-electron chi connectivity index (χ4n) is 10.3. The number of amides is 2. The molecule has 306 valence electrons. The smallest absolute Gasteiger partial charge is 0.238 e. The zero-order valence-corrected chi connectivity index (χ0v) is 35.9. The second kappa shape index (κ2) is 16.0. The fourth-order valence-corrected chi connectivity index (χ4v) is 10.9. The van der Waals surface area contributed by atoms with Gasteiger partial charge >= 0.3 is 0 Å². The molecule has 0 radical (unpaired) electrons. The van der Waals surface area contributed by atoms with E-state index in [0.29, 0.717) is 43.0 Å². The summed E-state index contributed by atoms with van der Waals surface area (Å²) in [5.41, 5.74) is 3.89. The lowest BCUT2D eigenvalue weighted by Crippen LogP contribution is -2.58. The molecule has 0 bridgehead atoms. The summed E-state index contributed by atoms with van der Waals surface area (Å²) < 4.78 is 17.1. The predicted molar refractivity (Wildman–Crippen MR) is 241 cm³/mol. The van der Waals surface area contributed by atoms with Crippen LogP contribution < -0.4 is 19.1 Å². The van der Waals surface area contributed by atoms with Crippen LogP contribution in [0, 0.1) is 27.2 Å². The van der Waals surface area contributed by atoms with Crippen LogP contribution in [0.4, 0.5) is 5.69 Å². The molecule has 1 saturated carbocycles. The van der Waals surface area contributed by atoms with Crippen molar-refractivity contribution in [1.29, 1.82) is 0 Å². The van der Waals surface area contributed by atoms with Gasteiger partial charge in [0.2, 0.25) is 11.8 Å². The molecular formula is C51H42INO8. The monoisotopic (exact) mass is 923 g/mol. The third-order valence-electron chi connectivity index (χ3n) is 13.0. The number of allylic oxidation sites excluding steroid dienone is 4. The molecule has 1 aliphatic heterocycles. The topological polar surface area (TPSA) is 119 Å². The largest absolute Gasteiger partial charge is 0.504 e. The Morgan fingerprint density at radius 1 is 0.754 bits per heavy atom. The summed E-state index contributed by atoms with van der Waals surface area (Å²) in [6, 6.07) is 35.0. The third kappa shape index (κ3) is 6.50. The lowest BCUT2D eigenvalue weighted by atomic mass is 9.44. The van der Waals surface area contributed by atoms with Gasteiger partial charge in [0.1, 0.15) is 11.5 Å². The molecule has 0 aromatic heterocycles. The average Bonchev–Trinajstić information content (AvgIpc) is 3.56. The first-order valence-electron chi connectivity index (χ1n) is 20.2. The van der Waals surface area contributed by atoms with E-state index < -0.39 is 35.0 Å². The molecule has 2 fully saturated rings. The summed E-state index contributed by atoms with van der Waals surface area (Å²) in [4.78, 5) is 61.3. The average molecular weight is 924 g/mol. The van der Waals surface area contributed by atoms with Crippen LogP contribution in [-0.4, -0.2) is 49.8 Å². The number of nitrogens with zero attached hydrogens (tertiary/aromatic N) is 1. The van der Waals surface area contributed by atoms with Gasteiger partial charge < -0.3 is 19.3 Å². The number of phenolic OH excluding ortho intramolecular Hbond substituents is 1. The molecule has 61 heavy (non-hydrogen) atoms. The van der Waals surface area contributed by atoms with Gasteiger partial charge in [0.15, 0.2) is 23.1 Å². The van der Waals surface area contributed by atoms with Crippen molar-refractivity contribution in [1.82, 2.24) is 0 Å². The highest BCUT2D eigenvalue weighted by Gasteiger charge is 2.66. The number of ether oxygens (including phenoxy) is 3. The molecule has 0 unspecified atom stereocenters. The number of imide groups is 1. The number of ketones is 2. The van der Waals surface area contributed by atoms with Crippen molar-refractivity contribution < 1.29 is 38.5 Å². The van der Waals surface area contributed by atoms with Gasteiger partial charge in [-0.25, -0.2) is 0 Å². The Hall–Kier alpha value is -6.27. The normalized spacial score (nSPS) is 24.5. The minimum absolute atomic E-state index is 0.0340. The standard InChI is InChI=1S/C51H42INO8/c1-59-35-20-23-42(60-2)31(24-35)17-14-29-15-18-34(19-16-29)53-49(57)37-22-21-36-39(45(37)50(53)58)27-40-47(55)38(30-10-6-4-7-11-30)28-44(54)51(40,33-12-8-5-9-13-33)46(36)32-25-41(52)48(56)43(26-32)61-3/h4-21,23-26,28,37,39-40,45-46,56H,22,27H2,1-3H3/t37-,39+,40-,45-,46-,51-/m0/s1. The van der Waals surface area contributed by atoms with Crippen LogP contribution in [-0.2, 0) is 24.6 Å². The number of aromatic hydroxyl groups is 1. The van der Waals surface area contributed by atoms with Crippen molar-refractivity contribution in [2.75, 3.05) is 26.2 Å². The minimum atomic E-state index is -1.40. The molecule has 1 heterocycles. The molecule has 0 spiro atoms. The van der Waals surface area contributed by atoms with E-state index in [1.165, 1.54) is 18.1 Å². The summed E-state index contributed by atoms with van der Waals surface area (Å²) in [7, 11) is 4.69. The molecule has 2 amide bonds. The first-order chi connectivity index (χ1) is 29.6. The first kappa shape index (κ1) is 40.2. The van der Waals surface area contributed by atoms with Crippen molar-refractivity contribution in [3.8, 4) is 23.0 Å². The predicted octanol–water partition coefficient (Wildman–Crippen LogP) is 9.22. The summed E-state index contributed by atoms with van der Waals surface area (Å²) in [5.74, 6) is -3.04. The van der Waals surface area contributed by atoms with E-state index in [-0.39, 0.29) is 47.7 Å². The van der Waals surface area contributed by atoms with Gasteiger partial charge in [-0.05, 0) is 112 Å². The number of hydrogen-bond donors (Lipinski definition) is 1. The number of rotatable bonds is 9. The zero-order chi connectivity index (χ0) is 42.6. The van der Waals surface area contributed by atoms with Crippen molar-refractivity contribution >= 4 is 69.4 Å². The first-order valence-corrected chi connectivity index (χ1v) is 21.2. The van der Waals surface area contributed by atoms with E-state index in [4.69, 9.17) is 14.2 Å². The van der Waals surface area contributed by atoms with E-state index in [1.54, 1.807) is 32.4 Å². The molecule has 6 atom stereocenters. The molecule has 5 aromatic rings. The molecule has 10 heteroatoms. The van der Waals surface area contributed by atoms with Gasteiger partial charge in [0, 0.05) is 23.0 Å². The molecule has 1 saturated heterocycles. The number of carbonyl (C=O) groups excluding carboxylic acids is 4. The third-order valence-corrected chi connectivity index (χ3v) is 13.8. The number of methoxy groups -OCH3 is 3. The second-order valence-electron chi connectivity index (χ2n) is 15.9. The Kier molecular flexibility index (Phi) is 10.5. The molecular weight excluding hydrogens is 881 g/mol. The second-order valence-corrected chi connectivity index (χ2v) is 17.0. The van der Waals surface area contributed by atoms with E-state index >= 15 is 9.59 Å². The Labute approximate surface area is 367 Å². The van der Waals surface area contributed by atoms with Gasteiger partial charge in [-0.1, -0.05) is 96.6 Å². The number of anilines is 1. The van der Waals surface area contributed by atoms with Gasteiger partial charge in [-0.3, -0.25) is 24.1 Å². The molecule has 1 N–H and O–H groups in total. The Balaban J connectivity index is 1.14. The Morgan fingerprint density at radius 2 is 1.46 bits per heavy atom. The van der Waals surface area contributed by atoms with Gasteiger partial charge in [0.25, 0.3) is 0 Å². The molecule has 5 aromatic carbocycles. The maximum atomic E-state index is 15.4. The lowest BCUT2D eigenvalue weighted by Gasteiger charge is -2.55. The lowest BCUT2D eigenvalue weighted by molar-refractivity contribution is -0.135. The van der Waals surface area contributed by atoms with Crippen LogP contribution in [0.15, 0.2) is 133 Å². The van der Waals surface area contributed by atoms with E-state index in [1.807, 2.05) is 115 Å². The minimum Gasteiger partial charge on any atom is -0.504 e. The van der Waals surface area contributed by atoms with E-state index in [0.717, 1.165) is 16.7 Å². The molecule has 3 aliphatic carbocycles. The SMILES string of the molecule is COc1ccc(OC)c(C=Cc2ccc(N3C(=O)[C@H]4[C@H](CC=C5[C@H]4C[C@H]4C(=O)C(c6ccccc6)=CC(=O)[C@@]4(c4ccccc4)[C@H]5c4cc(I)c(O)c(OC)c4)C3=O)cc2)c1. The summed E-state index contributed by atoms with van der Waals surface area (Å²) in [5, 5.41) is 11.0. The molecule has 4 aliphatic rings.